The standard InChI is InChI=1S/C13H16FN/c14-12-4-1-3-11(9-12)13(10-5-6-10)7-2-8-15-13/h1,3-4,9-10,15H,2,5-8H2. The van der Waals surface area contributed by atoms with E-state index < -0.39 is 0 Å². The minimum absolute atomic E-state index is 0.0993. The van der Waals surface area contributed by atoms with Gasteiger partial charge in [0.1, 0.15) is 5.82 Å². The molecule has 80 valence electrons. The van der Waals surface area contributed by atoms with Crippen molar-refractivity contribution in [3.8, 4) is 0 Å². The second-order valence-corrected chi connectivity index (χ2v) is 4.79. The molecule has 2 aliphatic rings. The molecule has 0 amide bonds. The Bertz CT molecular complexity index is 365. The molecule has 0 radical (unpaired) electrons. The second-order valence-electron chi connectivity index (χ2n) is 4.79. The minimum Gasteiger partial charge on any atom is -0.307 e. The Kier molecular flexibility index (Phi) is 2.06. The largest absolute Gasteiger partial charge is 0.307 e. The third kappa shape index (κ3) is 1.48. The van der Waals surface area contributed by atoms with Crippen LogP contribution < -0.4 is 5.32 Å². The van der Waals surface area contributed by atoms with E-state index >= 15 is 0 Å². The van der Waals surface area contributed by atoms with Crippen LogP contribution >= 0.6 is 0 Å². The summed E-state index contributed by atoms with van der Waals surface area (Å²) in [6.07, 6.45) is 4.97. The number of halogens is 1. The average molecular weight is 205 g/mol. The molecule has 1 saturated carbocycles. The molecule has 2 heteroatoms. The highest BCUT2D eigenvalue weighted by molar-refractivity contribution is 5.29. The van der Waals surface area contributed by atoms with Crippen LogP contribution in [0.15, 0.2) is 24.3 Å². The first-order valence-corrected chi connectivity index (χ1v) is 5.82. The highest BCUT2D eigenvalue weighted by atomic mass is 19.1. The van der Waals surface area contributed by atoms with Crippen LogP contribution in [0.5, 0.6) is 0 Å². The molecular formula is C13H16FN. The molecule has 1 unspecified atom stereocenters. The van der Waals surface area contributed by atoms with Gasteiger partial charge in [-0.2, -0.15) is 0 Å². The van der Waals surface area contributed by atoms with Gasteiger partial charge in [-0.1, -0.05) is 12.1 Å². The summed E-state index contributed by atoms with van der Waals surface area (Å²) in [4.78, 5) is 0. The van der Waals surface area contributed by atoms with E-state index in [-0.39, 0.29) is 11.4 Å². The van der Waals surface area contributed by atoms with Crippen molar-refractivity contribution >= 4 is 0 Å². The topological polar surface area (TPSA) is 12.0 Å². The molecule has 1 heterocycles. The van der Waals surface area contributed by atoms with Crippen molar-refractivity contribution in [2.45, 2.75) is 31.2 Å². The Hall–Kier alpha value is -0.890. The molecule has 1 aliphatic heterocycles. The van der Waals surface area contributed by atoms with E-state index in [9.17, 15) is 4.39 Å². The predicted octanol–water partition coefficient (Wildman–Crippen LogP) is 2.81. The lowest BCUT2D eigenvalue weighted by Crippen LogP contribution is -2.39. The maximum atomic E-state index is 13.2. The zero-order chi connectivity index (χ0) is 10.3. The van der Waals surface area contributed by atoms with Crippen LogP contribution in [0.25, 0.3) is 0 Å². The van der Waals surface area contributed by atoms with Crippen molar-refractivity contribution in [1.29, 1.82) is 0 Å². The molecule has 1 aromatic carbocycles. The van der Waals surface area contributed by atoms with Crippen LogP contribution in [-0.4, -0.2) is 6.54 Å². The summed E-state index contributed by atoms with van der Waals surface area (Å²) in [6.45, 7) is 1.08. The number of benzene rings is 1. The SMILES string of the molecule is Fc1cccc(C2(C3CC3)CCCN2)c1. The molecule has 1 atom stereocenters. The molecule has 15 heavy (non-hydrogen) atoms. The van der Waals surface area contributed by atoms with E-state index in [1.165, 1.54) is 31.7 Å². The van der Waals surface area contributed by atoms with Gasteiger partial charge in [0.05, 0.1) is 0 Å². The van der Waals surface area contributed by atoms with Crippen molar-refractivity contribution < 1.29 is 4.39 Å². The highest BCUT2D eigenvalue weighted by Crippen LogP contribution is 2.50. The van der Waals surface area contributed by atoms with Crippen LogP contribution in [0.2, 0.25) is 0 Å². The average Bonchev–Trinajstić information content (AvgIpc) is 2.98. The second kappa shape index (κ2) is 3.31. The van der Waals surface area contributed by atoms with Gasteiger partial charge in [0.15, 0.2) is 0 Å². The maximum Gasteiger partial charge on any atom is 0.123 e. The minimum atomic E-state index is -0.110. The van der Waals surface area contributed by atoms with E-state index in [1.54, 1.807) is 6.07 Å². The van der Waals surface area contributed by atoms with E-state index in [4.69, 9.17) is 0 Å². The normalized spacial score (nSPS) is 30.7. The van der Waals surface area contributed by atoms with Crippen LogP contribution in [0.1, 0.15) is 31.2 Å². The molecular weight excluding hydrogens is 189 g/mol. The summed E-state index contributed by atoms with van der Waals surface area (Å²) in [6, 6.07) is 7.13. The van der Waals surface area contributed by atoms with Crippen molar-refractivity contribution in [2.75, 3.05) is 6.54 Å². The quantitative estimate of drug-likeness (QED) is 0.782. The summed E-state index contributed by atoms with van der Waals surface area (Å²) in [5.41, 5.74) is 1.25. The fourth-order valence-electron chi connectivity index (χ4n) is 2.94. The lowest BCUT2D eigenvalue weighted by molar-refractivity contribution is 0.334. The van der Waals surface area contributed by atoms with Gasteiger partial charge in [0, 0.05) is 5.54 Å². The Morgan fingerprint density at radius 3 is 2.80 bits per heavy atom. The fraction of sp³-hybridized carbons (Fsp3) is 0.538. The smallest absolute Gasteiger partial charge is 0.123 e. The summed E-state index contributed by atoms with van der Waals surface area (Å²) in [5, 5.41) is 3.61. The lowest BCUT2D eigenvalue weighted by Gasteiger charge is -2.30. The molecule has 1 nitrogen and oxygen atoms in total. The summed E-state index contributed by atoms with van der Waals surface area (Å²) in [7, 11) is 0. The van der Waals surface area contributed by atoms with Crippen molar-refractivity contribution in [2.24, 2.45) is 5.92 Å². The summed E-state index contributed by atoms with van der Waals surface area (Å²) < 4.78 is 13.2. The summed E-state index contributed by atoms with van der Waals surface area (Å²) in [5.74, 6) is 0.628. The molecule has 1 N–H and O–H groups in total. The maximum absolute atomic E-state index is 13.2. The Morgan fingerprint density at radius 1 is 1.33 bits per heavy atom. The van der Waals surface area contributed by atoms with Crippen LogP contribution in [0, 0.1) is 11.7 Å². The van der Waals surface area contributed by atoms with Crippen LogP contribution in [0.3, 0.4) is 0 Å². The number of hydrogen-bond donors (Lipinski definition) is 1. The highest BCUT2D eigenvalue weighted by Gasteiger charge is 2.47. The van der Waals surface area contributed by atoms with Gasteiger partial charge in [-0.05, 0) is 55.8 Å². The predicted molar refractivity (Wildman–Crippen MR) is 58.0 cm³/mol. The van der Waals surface area contributed by atoms with E-state index in [2.05, 4.69) is 11.4 Å². The Balaban J connectivity index is 2.01. The monoisotopic (exact) mass is 205 g/mol. The first-order valence-electron chi connectivity index (χ1n) is 5.82. The number of hydrogen-bond acceptors (Lipinski definition) is 1. The van der Waals surface area contributed by atoms with Crippen LogP contribution in [-0.2, 0) is 5.54 Å². The molecule has 3 rings (SSSR count). The zero-order valence-electron chi connectivity index (χ0n) is 8.80. The first kappa shape index (κ1) is 9.34. The van der Waals surface area contributed by atoms with E-state index in [0.29, 0.717) is 0 Å². The van der Waals surface area contributed by atoms with Crippen molar-refractivity contribution in [3.63, 3.8) is 0 Å². The van der Waals surface area contributed by atoms with Gasteiger partial charge >= 0.3 is 0 Å². The molecule has 2 fully saturated rings. The van der Waals surface area contributed by atoms with Crippen molar-refractivity contribution in [1.82, 2.24) is 5.32 Å². The molecule has 0 spiro atoms. The van der Waals surface area contributed by atoms with Gasteiger partial charge in [-0.25, -0.2) is 4.39 Å². The van der Waals surface area contributed by atoms with Gasteiger partial charge < -0.3 is 5.32 Å². The Labute approximate surface area is 89.7 Å². The first-order chi connectivity index (χ1) is 7.31. The summed E-state index contributed by atoms with van der Waals surface area (Å²) >= 11 is 0. The molecule has 1 aliphatic carbocycles. The van der Waals surface area contributed by atoms with Gasteiger partial charge in [0.2, 0.25) is 0 Å². The molecule has 1 aromatic rings. The molecule has 0 bridgehead atoms. The fourth-order valence-corrected chi connectivity index (χ4v) is 2.94. The molecule has 1 saturated heterocycles. The van der Waals surface area contributed by atoms with E-state index in [1.807, 2.05) is 6.07 Å². The zero-order valence-corrected chi connectivity index (χ0v) is 8.80. The third-order valence-electron chi connectivity index (χ3n) is 3.80. The number of rotatable bonds is 2. The van der Waals surface area contributed by atoms with Gasteiger partial charge in [-0.3, -0.25) is 0 Å². The van der Waals surface area contributed by atoms with Gasteiger partial charge in [0.25, 0.3) is 0 Å². The lowest BCUT2D eigenvalue weighted by atomic mass is 9.83. The van der Waals surface area contributed by atoms with E-state index in [0.717, 1.165) is 18.0 Å². The molecule has 0 aromatic heterocycles. The van der Waals surface area contributed by atoms with Gasteiger partial charge in [-0.15, -0.1) is 0 Å². The Morgan fingerprint density at radius 2 is 2.20 bits per heavy atom. The third-order valence-corrected chi connectivity index (χ3v) is 3.80. The van der Waals surface area contributed by atoms with Crippen LogP contribution in [0.4, 0.5) is 4.39 Å². The number of nitrogens with one attached hydrogen (secondary N) is 1. The van der Waals surface area contributed by atoms with Crippen molar-refractivity contribution in [3.05, 3.63) is 35.6 Å².